The van der Waals surface area contributed by atoms with Crippen molar-refractivity contribution in [3.8, 4) is 11.3 Å². The van der Waals surface area contributed by atoms with E-state index in [0.29, 0.717) is 16.1 Å². The second-order valence-corrected chi connectivity index (χ2v) is 7.80. The van der Waals surface area contributed by atoms with Crippen LogP contribution in [0.25, 0.3) is 11.3 Å². The number of anilines is 1. The summed E-state index contributed by atoms with van der Waals surface area (Å²) in [6.07, 6.45) is -2.98. The molecular formula is C20H18F3N3O2S. The highest BCUT2D eigenvalue weighted by atomic mass is 32.2. The Hall–Kier alpha value is -2.94. The van der Waals surface area contributed by atoms with E-state index >= 15 is 0 Å². The average molecular weight is 421 g/mol. The van der Waals surface area contributed by atoms with Gasteiger partial charge in [0.25, 0.3) is 5.91 Å². The van der Waals surface area contributed by atoms with Gasteiger partial charge < -0.3 is 5.32 Å². The van der Waals surface area contributed by atoms with E-state index in [1.807, 2.05) is 0 Å². The number of benzene rings is 2. The summed E-state index contributed by atoms with van der Waals surface area (Å²) in [4.78, 5) is 13.3. The van der Waals surface area contributed by atoms with Crippen molar-refractivity contribution in [2.45, 2.75) is 18.0 Å². The minimum absolute atomic E-state index is 0.0302. The minimum atomic E-state index is -4.53. The van der Waals surface area contributed by atoms with Gasteiger partial charge in [-0.2, -0.15) is 18.3 Å². The Balaban J connectivity index is 1.96. The number of nitrogens with one attached hydrogen (secondary N) is 1. The van der Waals surface area contributed by atoms with Crippen LogP contribution in [0.4, 0.5) is 18.9 Å². The molecule has 152 valence electrons. The van der Waals surface area contributed by atoms with Gasteiger partial charge in [-0.3, -0.25) is 13.7 Å². The van der Waals surface area contributed by atoms with Crippen LogP contribution in [-0.2, 0) is 24.0 Å². The van der Waals surface area contributed by atoms with Crippen LogP contribution < -0.4 is 5.32 Å². The molecule has 1 heterocycles. The lowest BCUT2D eigenvalue weighted by molar-refractivity contribution is -0.137. The van der Waals surface area contributed by atoms with Crippen LogP contribution in [0.1, 0.15) is 21.6 Å². The lowest BCUT2D eigenvalue weighted by Crippen LogP contribution is -2.14. The molecule has 0 saturated carbocycles. The first kappa shape index (κ1) is 20.8. The molecule has 0 fully saturated rings. The highest BCUT2D eigenvalue weighted by molar-refractivity contribution is 7.84. The van der Waals surface area contributed by atoms with Gasteiger partial charge in [0.2, 0.25) is 0 Å². The molecule has 29 heavy (non-hydrogen) atoms. The number of nitrogens with zero attached hydrogens (tertiary/aromatic N) is 2. The van der Waals surface area contributed by atoms with Gasteiger partial charge in [0.1, 0.15) is 0 Å². The maximum absolute atomic E-state index is 13.4. The fourth-order valence-electron chi connectivity index (χ4n) is 3.08. The van der Waals surface area contributed by atoms with Crippen LogP contribution in [0.5, 0.6) is 0 Å². The highest BCUT2D eigenvalue weighted by Crippen LogP contribution is 2.38. The summed E-state index contributed by atoms with van der Waals surface area (Å²) >= 11 is 0. The SMILES string of the molecule is Cc1c(C(=O)Nc2ccc(S(C)=O)cc2)nn(C)c1-c1ccccc1C(F)(F)F. The Morgan fingerprint density at radius 1 is 1.10 bits per heavy atom. The molecule has 0 radical (unpaired) electrons. The topological polar surface area (TPSA) is 64.0 Å². The van der Waals surface area contributed by atoms with Crippen molar-refractivity contribution >= 4 is 22.4 Å². The largest absolute Gasteiger partial charge is 0.417 e. The normalized spacial score (nSPS) is 12.6. The fourth-order valence-corrected chi connectivity index (χ4v) is 3.60. The third kappa shape index (κ3) is 4.24. The van der Waals surface area contributed by atoms with Crippen molar-refractivity contribution in [3.05, 3.63) is 65.4 Å². The minimum Gasteiger partial charge on any atom is -0.321 e. The molecule has 9 heteroatoms. The number of halogens is 3. The third-order valence-electron chi connectivity index (χ3n) is 4.43. The van der Waals surface area contributed by atoms with E-state index in [1.165, 1.54) is 29.9 Å². The molecule has 1 unspecified atom stereocenters. The maximum Gasteiger partial charge on any atom is 0.417 e. The first-order valence-corrected chi connectivity index (χ1v) is 10.1. The van der Waals surface area contributed by atoms with Gasteiger partial charge in [-0.15, -0.1) is 0 Å². The first-order valence-electron chi connectivity index (χ1n) is 8.54. The number of aromatic nitrogens is 2. The predicted molar refractivity (Wildman–Crippen MR) is 105 cm³/mol. The van der Waals surface area contributed by atoms with Gasteiger partial charge >= 0.3 is 6.18 Å². The summed E-state index contributed by atoms with van der Waals surface area (Å²) in [6.45, 7) is 1.56. The van der Waals surface area contributed by atoms with Crippen molar-refractivity contribution in [2.75, 3.05) is 11.6 Å². The molecule has 1 amide bonds. The summed E-state index contributed by atoms with van der Waals surface area (Å²) < 4.78 is 53.0. The number of rotatable bonds is 4. The van der Waals surface area contributed by atoms with E-state index < -0.39 is 28.4 Å². The van der Waals surface area contributed by atoms with E-state index in [4.69, 9.17) is 0 Å². The van der Waals surface area contributed by atoms with E-state index in [0.717, 1.165) is 6.07 Å². The van der Waals surface area contributed by atoms with Crippen LogP contribution in [-0.4, -0.2) is 26.2 Å². The second kappa shape index (κ2) is 7.82. The molecule has 0 spiro atoms. The van der Waals surface area contributed by atoms with Crippen LogP contribution in [0.2, 0.25) is 0 Å². The number of carbonyl (C=O) groups excluding carboxylic acids is 1. The Morgan fingerprint density at radius 2 is 1.72 bits per heavy atom. The zero-order valence-electron chi connectivity index (χ0n) is 15.9. The van der Waals surface area contributed by atoms with Crippen LogP contribution >= 0.6 is 0 Å². The van der Waals surface area contributed by atoms with Crippen molar-refractivity contribution < 1.29 is 22.2 Å². The van der Waals surface area contributed by atoms with Gasteiger partial charge in [0, 0.05) is 45.8 Å². The van der Waals surface area contributed by atoms with E-state index in [-0.39, 0.29) is 17.0 Å². The fraction of sp³-hybridized carbons (Fsp3) is 0.200. The quantitative estimate of drug-likeness (QED) is 0.679. The van der Waals surface area contributed by atoms with Crippen LogP contribution in [0.3, 0.4) is 0 Å². The molecule has 3 rings (SSSR count). The second-order valence-electron chi connectivity index (χ2n) is 6.42. The van der Waals surface area contributed by atoms with Gasteiger partial charge in [-0.1, -0.05) is 18.2 Å². The standard InChI is InChI=1S/C20H18F3N3O2S/c1-12-17(19(27)24-13-8-10-14(11-9-13)29(3)28)25-26(2)18(12)15-6-4-5-7-16(15)20(21,22)23/h4-11H,1-3H3,(H,24,27). The van der Waals surface area contributed by atoms with Crippen molar-refractivity contribution in [2.24, 2.45) is 7.05 Å². The number of aryl methyl sites for hydroxylation is 1. The summed E-state index contributed by atoms with van der Waals surface area (Å²) in [6, 6.07) is 11.6. The molecule has 5 nitrogen and oxygen atoms in total. The molecule has 1 N–H and O–H groups in total. The zero-order chi connectivity index (χ0) is 21.3. The van der Waals surface area contributed by atoms with Gasteiger partial charge in [0.15, 0.2) is 5.69 Å². The number of carbonyl (C=O) groups is 1. The summed E-state index contributed by atoms with van der Waals surface area (Å²) in [7, 11) is 0.357. The van der Waals surface area contributed by atoms with Crippen LogP contribution in [0.15, 0.2) is 53.4 Å². The molecule has 0 aliphatic rings. The molecule has 0 bridgehead atoms. The van der Waals surface area contributed by atoms with E-state index in [9.17, 15) is 22.2 Å². The molecule has 1 atom stereocenters. The molecule has 0 aliphatic heterocycles. The Labute approximate surface area is 168 Å². The number of alkyl halides is 3. The van der Waals surface area contributed by atoms with Crippen LogP contribution in [0, 0.1) is 6.92 Å². The summed E-state index contributed by atoms with van der Waals surface area (Å²) in [5, 5.41) is 6.81. The molecule has 3 aromatic rings. The average Bonchev–Trinajstić information content (AvgIpc) is 2.95. The lowest BCUT2D eigenvalue weighted by Gasteiger charge is -2.13. The monoisotopic (exact) mass is 421 g/mol. The predicted octanol–water partition coefficient (Wildman–Crippen LogP) is 4.40. The Bertz CT molecular complexity index is 1090. The van der Waals surface area contributed by atoms with Gasteiger partial charge in [-0.05, 0) is 37.3 Å². The van der Waals surface area contributed by atoms with Gasteiger partial charge in [-0.25, -0.2) is 0 Å². The molecule has 2 aromatic carbocycles. The van der Waals surface area contributed by atoms with Crippen molar-refractivity contribution in [1.29, 1.82) is 0 Å². The maximum atomic E-state index is 13.4. The summed E-state index contributed by atoms with van der Waals surface area (Å²) in [5.74, 6) is -0.542. The Kier molecular flexibility index (Phi) is 5.61. The van der Waals surface area contributed by atoms with Crippen molar-refractivity contribution in [1.82, 2.24) is 9.78 Å². The zero-order valence-corrected chi connectivity index (χ0v) is 16.7. The van der Waals surface area contributed by atoms with Crippen molar-refractivity contribution in [3.63, 3.8) is 0 Å². The number of hydrogen-bond donors (Lipinski definition) is 1. The number of hydrogen-bond acceptors (Lipinski definition) is 3. The molecule has 0 saturated heterocycles. The molecular weight excluding hydrogens is 403 g/mol. The Morgan fingerprint density at radius 3 is 2.31 bits per heavy atom. The van der Waals surface area contributed by atoms with E-state index in [2.05, 4.69) is 10.4 Å². The molecule has 0 aliphatic carbocycles. The molecule has 1 aromatic heterocycles. The first-order chi connectivity index (χ1) is 13.6. The lowest BCUT2D eigenvalue weighted by atomic mass is 10.0. The smallest absolute Gasteiger partial charge is 0.321 e. The summed E-state index contributed by atoms with van der Waals surface area (Å²) in [5.41, 5.74) is 0.226. The van der Waals surface area contributed by atoms with Gasteiger partial charge in [0.05, 0.1) is 11.3 Å². The van der Waals surface area contributed by atoms with E-state index in [1.54, 1.807) is 37.4 Å². The third-order valence-corrected chi connectivity index (χ3v) is 5.37. The highest BCUT2D eigenvalue weighted by Gasteiger charge is 2.35. The number of amides is 1.